The summed E-state index contributed by atoms with van der Waals surface area (Å²) < 4.78 is 2.53. The molecule has 3 aromatic heterocycles. The van der Waals surface area contributed by atoms with Gasteiger partial charge in [-0.25, -0.2) is 9.97 Å². The lowest BCUT2D eigenvalue weighted by Gasteiger charge is -2.14. The molecule has 0 saturated carbocycles. The molecule has 0 amide bonds. The summed E-state index contributed by atoms with van der Waals surface area (Å²) in [5.74, 6) is 0.689. The van der Waals surface area contributed by atoms with E-state index in [1.165, 1.54) is 25.7 Å². The monoisotopic (exact) mass is 581 g/mol. The average Bonchev–Trinajstić information content (AvgIpc) is 3.48. The van der Waals surface area contributed by atoms with Crippen molar-refractivity contribution in [2.24, 2.45) is 0 Å². The van der Waals surface area contributed by atoms with Crippen molar-refractivity contribution in [1.82, 2.24) is 15.0 Å². The molecule has 0 aliphatic rings. The molecular weight excluding hydrogens is 555 g/mol. The molecule has 44 heavy (non-hydrogen) atoms. The van der Waals surface area contributed by atoms with Crippen molar-refractivity contribution in [2.75, 3.05) is 0 Å². The zero-order chi connectivity index (χ0) is 29.5. The van der Waals surface area contributed by atoms with Crippen molar-refractivity contribution in [2.45, 2.75) is 6.92 Å². The first-order valence-electron chi connectivity index (χ1n) is 14.7. The van der Waals surface area contributed by atoms with Gasteiger partial charge in [-0.05, 0) is 54.4 Å². The summed E-state index contributed by atoms with van der Waals surface area (Å²) in [5.41, 5.74) is 10.1. The Bertz CT molecular complexity index is 2290. The van der Waals surface area contributed by atoms with Crippen LogP contribution in [0.25, 0.3) is 76.5 Å². The van der Waals surface area contributed by atoms with Crippen molar-refractivity contribution >= 4 is 31.5 Å². The maximum Gasteiger partial charge on any atom is 0.160 e. The molecule has 3 heterocycles. The summed E-state index contributed by atoms with van der Waals surface area (Å²) in [6.07, 6.45) is 0. The van der Waals surface area contributed by atoms with Crippen molar-refractivity contribution in [3.8, 4) is 56.3 Å². The van der Waals surface area contributed by atoms with Crippen LogP contribution in [-0.4, -0.2) is 15.0 Å². The van der Waals surface area contributed by atoms with E-state index in [0.29, 0.717) is 5.82 Å². The van der Waals surface area contributed by atoms with Crippen LogP contribution in [0.5, 0.6) is 0 Å². The number of nitrogens with zero attached hydrogens (tertiary/aromatic N) is 3. The lowest BCUT2D eigenvalue weighted by Crippen LogP contribution is -1.99. The Labute approximate surface area is 260 Å². The highest BCUT2D eigenvalue weighted by Gasteiger charge is 2.19. The average molecular weight is 582 g/mol. The minimum absolute atomic E-state index is 0.689. The number of hydrogen-bond acceptors (Lipinski definition) is 4. The Balaban J connectivity index is 1.37. The molecule has 3 nitrogen and oxygen atoms in total. The Morgan fingerprint density at radius 3 is 1.95 bits per heavy atom. The van der Waals surface area contributed by atoms with Gasteiger partial charge >= 0.3 is 0 Å². The molecule has 0 atom stereocenters. The van der Waals surface area contributed by atoms with E-state index in [9.17, 15) is 0 Å². The third-order valence-corrected chi connectivity index (χ3v) is 9.13. The van der Waals surface area contributed by atoms with Crippen LogP contribution in [0.1, 0.15) is 5.69 Å². The van der Waals surface area contributed by atoms with Gasteiger partial charge in [-0.3, -0.25) is 4.98 Å². The molecule has 0 radical (unpaired) electrons. The summed E-state index contributed by atoms with van der Waals surface area (Å²) in [6.45, 7) is 2.05. The lowest BCUT2D eigenvalue weighted by molar-refractivity contribution is 1.16. The third kappa shape index (κ3) is 4.76. The molecule has 8 rings (SSSR count). The van der Waals surface area contributed by atoms with E-state index < -0.39 is 0 Å². The van der Waals surface area contributed by atoms with Gasteiger partial charge in [0.2, 0.25) is 0 Å². The van der Waals surface area contributed by atoms with Crippen LogP contribution in [0.15, 0.2) is 146 Å². The molecule has 4 heteroatoms. The Hall–Kier alpha value is -5.45. The number of fused-ring (bicyclic) bond motifs is 3. The highest BCUT2D eigenvalue weighted by atomic mass is 32.1. The van der Waals surface area contributed by atoms with E-state index in [-0.39, 0.29) is 0 Å². The molecule has 208 valence electrons. The van der Waals surface area contributed by atoms with Gasteiger partial charge in [-0.1, -0.05) is 109 Å². The van der Waals surface area contributed by atoms with Crippen molar-refractivity contribution in [3.63, 3.8) is 0 Å². The van der Waals surface area contributed by atoms with Crippen molar-refractivity contribution in [1.29, 1.82) is 0 Å². The second kappa shape index (κ2) is 11.0. The highest BCUT2D eigenvalue weighted by Crippen LogP contribution is 2.42. The Morgan fingerprint density at radius 2 is 1.11 bits per heavy atom. The maximum atomic E-state index is 5.18. The van der Waals surface area contributed by atoms with E-state index in [4.69, 9.17) is 15.0 Å². The zero-order valence-corrected chi connectivity index (χ0v) is 24.9. The number of pyridine rings is 1. The van der Waals surface area contributed by atoms with Gasteiger partial charge in [-0.2, -0.15) is 0 Å². The molecule has 0 unspecified atom stereocenters. The van der Waals surface area contributed by atoms with Crippen LogP contribution in [0, 0.1) is 6.92 Å². The second-order valence-electron chi connectivity index (χ2n) is 10.9. The number of hydrogen-bond donors (Lipinski definition) is 0. The van der Waals surface area contributed by atoms with Crippen molar-refractivity contribution < 1.29 is 0 Å². The molecular formula is C40H27N3S. The molecule has 0 spiro atoms. The SMILES string of the molecule is Cc1ccc(-c2cc(-c3cccc(-c4ccccc4)c3)nc(-c3ccccc3)n2)c(-c2cccc3sc4ccccc4c23)n1. The number of rotatable bonds is 5. The molecule has 0 aliphatic carbocycles. The second-order valence-corrected chi connectivity index (χ2v) is 12.0. The highest BCUT2D eigenvalue weighted by molar-refractivity contribution is 7.25. The van der Waals surface area contributed by atoms with Gasteiger partial charge < -0.3 is 0 Å². The standard InChI is InChI=1S/C40H27N3S/c1-26-22-23-31(39(41-26)33-19-11-21-37-38(33)32-18-8-9-20-36(32)44-37)35-25-34(42-40(43-35)28-14-6-3-7-15-28)30-17-10-16-29(24-30)27-12-4-2-5-13-27/h2-25H,1H3. The zero-order valence-electron chi connectivity index (χ0n) is 24.1. The van der Waals surface area contributed by atoms with Gasteiger partial charge in [0, 0.05) is 48.1 Å². The molecule has 5 aromatic carbocycles. The minimum Gasteiger partial charge on any atom is -0.252 e. The maximum absolute atomic E-state index is 5.18. The van der Waals surface area contributed by atoms with E-state index in [1.807, 2.05) is 35.6 Å². The number of aromatic nitrogens is 3. The van der Waals surface area contributed by atoms with Gasteiger partial charge in [0.15, 0.2) is 5.82 Å². The van der Waals surface area contributed by atoms with Gasteiger partial charge in [0.1, 0.15) is 0 Å². The summed E-state index contributed by atoms with van der Waals surface area (Å²) in [4.78, 5) is 15.4. The Kier molecular flexibility index (Phi) is 6.55. The molecule has 0 fully saturated rings. The fourth-order valence-electron chi connectivity index (χ4n) is 5.88. The summed E-state index contributed by atoms with van der Waals surface area (Å²) in [7, 11) is 0. The molecule has 0 aliphatic heterocycles. The number of aryl methyl sites for hydroxylation is 1. The van der Waals surface area contributed by atoms with E-state index in [2.05, 4.69) is 128 Å². The lowest BCUT2D eigenvalue weighted by atomic mass is 9.96. The third-order valence-electron chi connectivity index (χ3n) is 7.99. The van der Waals surface area contributed by atoms with Gasteiger partial charge in [0.25, 0.3) is 0 Å². The molecule has 0 N–H and O–H groups in total. The number of benzene rings is 5. The quantitative estimate of drug-likeness (QED) is 0.203. The summed E-state index contributed by atoms with van der Waals surface area (Å²) in [5, 5.41) is 2.49. The van der Waals surface area contributed by atoms with Gasteiger partial charge in [-0.15, -0.1) is 11.3 Å². The van der Waals surface area contributed by atoms with Crippen LogP contribution < -0.4 is 0 Å². The van der Waals surface area contributed by atoms with Crippen LogP contribution in [0.4, 0.5) is 0 Å². The molecule has 0 bridgehead atoms. The van der Waals surface area contributed by atoms with Crippen LogP contribution in [0.2, 0.25) is 0 Å². The molecule has 0 saturated heterocycles. The normalized spacial score (nSPS) is 11.3. The smallest absolute Gasteiger partial charge is 0.160 e. The predicted molar refractivity (Wildman–Crippen MR) is 185 cm³/mol. The van der Waals surface area contributed by atoms with Gasteiger partial charge in [0.05, 0.1) is 17.1 Å². The fraction of sp³-hybridized carbons (Fsp3) is 0.0250. The van der Waals surface area contributed by atoms with Crippen molar-refractivity contribution in [3.05, 3.63) is 151 Å². The Morgan fingerprint density at radius 1 is 0.455 bits per heavy atom. The van der Waals surface area contributed by atoms with Crippen LogP contribution in [0.3, 0.4) is 0 Å². The predicted octanol–water partition coefficient (Wildman–Crippen LogP) is 10.9. The first kappa shape index (κ1) is 26.2. The van der Waals surface area contributed by atoms with Crippen LogP contribution >= 0.6 is 11.3 Å². The first-order chi connectivity index (χ1) is 21.7. The van der Waals surface area contributed by atoms with Crippen LogP contribution in [-0.2, 0) is 0 Å². The van der Waals surface area contributed by atoms with E-state index >= 15 is 0 Å². The first-order valence-corrected chi connectivity index (χ1v) is 15.5. The van der Waals surface area contributed by atoms with E-state index in [1.54, 1.807) is 0 Å². The fourth-order valence-corrected chi connectivity index (χ4v) is 7.01. The largest absolute Gasteiger partial charge is 0.252 e. The summed E-state index contributed by atoms with van der Waals surface area (Å²) >= 11 is 1.82. The van der Waals surface area contributed by atoms with E-state index in [0.717, 1.165) is 50.6 Å². The topological polar surface area (TPSA) is 38.7 Å². The minimum atomic E-state index is 0.689. The molecule has 8 aromatic rings. The summed E-state index contributed by atoms with van der Waals surface area (Å²) in [6, 6.07) is 50.8. The number of thiophene rings is 1.